The standard InChI is InChI=1S/C19H26N2O3/c1-4-11-21-12-9-15(10-13-21)18(22)20-16-5-7-17(8-6-16)24-14-19(2,3)23/h1,5-8,15,23H,9-14H2,2-3H3,(H,20,22). The number of piperidine rings is 1. The predicted octanol–water partition coefficient (Wildman–Crippen LogP) is 2.12. The normalized spacial score (nSPS) is 16.4. The molecular formula is C19H26N2O3. The molecule has 2 N–H and O–H groups in total. The summed E-state index contributed by atoms with van der Waals surface area (Å²) in [7, 11) is 0. The molecule has 130 valence electrons. The summed E-state index contributed by atoms with van der Waals surface area (Å²) < 4.78 is 5.50. The lowest BCUT2D eigenvalue weighted by Gasteiger charge is -2.29. The first kappa shape index (κ1) is 18.3. The molecule has 0 aromatic heterocycles. The second-order valence-electron chi connectivity index (χ2n) is 6.87. The molecule has 1 saturated heterocycles. The van der Waals surface area contributed by atoms with Crippen LogP contribution in [0.25, 0.3) is 0 Å². The Balaban J connectivity index is 1.81. The Labute approximate surface area is 144 Å². The Kier molecular flexibility index (Phi) is 6.24. The molecule has 2 rings (SSSR count). The zero-order valence-electron chi connectivity index (χ0n) is 14.4. The maximum absolute atomic E-state index is 12.3. The van der Waals surface area contributed by atoms with Crippen molar-refractivity contribution in [2.45, 2.75) is 32.3 Å². The number of carbonyl (C=O) groups excluding carboxylic acids is 1. The van der Waals surface area contributed by atoms with E-state index in [1.807, 2.05) is 12.1 Å². The fraction of sp³-hybridized carbons (Fsp3) is 0.526. The van der Waals surface area contributed by atoms with Gasteiger partial charge in [-0.25, -0.2) is 0 Å². The summed E-state index contributed by atoms with van der Waals surface area (Å²) >= 11 is 0. The Morgan fingerprint density at radius 2 is 2.00 bits per heavy atom. The number of hydrogen-bond donors (Lipinski definition) is 2. The van der Waals surface area contributed by atoms with Gasteiger partial charge < -0.3 is 15.2 Å². The van der Waals surface area contributed by atoms with Crippen LogP contribution < -0.4 is 10.1 Å². The van der Waals surface area contributed by atoms with Gasteiger partial charge in [0.2, 0.25) is 5.91 Å². The van der Waals surface area contributed by atoms with Gasteiger partial charge in [-0.1, -0.05) is 5.92 Å². The van der Waals surface area contributed by atoms with Crippen molar-refractivity contribution >= 4 is 11.6 Å². The van der Waals surface area contributed by atoms with Crippen LogP contribution in [-0.4, -0.2) is 47.8 Å². The molecule has 1 aromatic rings. The number of anilines is 1. The highest BCUT2D eigenvalue weighted by Gasteiger charge is 2.24. The van der Waals surface area contributed by atoms with Crippen molar-refractivity contribution in [3.8, 4) is 18.1 Å². The van der Waals surface area contributed by atoms with Crippen molar-refractivity contribution in [3.05, 3.63) is 24.3 Å². The Hall–Kier alpha value is -2.03. The minimum absolute atomic E-state index is 0.0325. The van der Waals surface area contributed by atoms with E-state index in [4.69, 9.17) is 11.2 Å². The van der Waals surface area contributed by atoms with Crippen LogP contribution in [0.1, 0.15) is 26.7 Å². The molecule has 24 heavy (non-hydrogen) atoms. The van der Waals surface area contributed by atoms with E-state index in [-0.39, 0.29) is 18.4 Å². The summed E-state index contributed by atoms with van der Waals surface area (Å²) in [5.41, 5.74) is -0.122. The Bertz CT molecular complexity index is 576. The van der Waals surface area contributed by atoms with Crippen molar-refractivity contribution in [2.24, 2.45) is 5.92 Å². The molecule has 0 aliphatic carbocycles. The van der Waals surface area contributed by atoms with Gasteiger partial charge in [0.15, 0.2) is 0 Å². The predicted molar refractivity (Wildman–Crippen MR) is 94.9 cm³/mol. The first-order valence-electron chi connectivity index (χ1n) is 8.29. The Morgan fingerprint density at radius 3 is 2.54 bits per heavy atom. The molecule has 1 aromatic carbocycles. The van der Waals surface area contributed by atoms with Crippen molar-refractivity contribution in [1.29, 1.82) is 0 Å². The smallest absolute Gasteiger partial charge is 0.227 e. The van der Waals surface area contributed by atoms with Crippen molar-refractivity contribution < 1.29 is 14.6 Å². The van der Waals surface area contributed by atoms with Gasteiger partial charge in [0.1, 0.15) is 12.4 Å². The molecule has 0 saturated carbocycles. The summed E-state index contributed by atoms with van der Waals surface area (Å²) in [6.07, 6.45) is 6.99. The number of nitrogens with one attached hydrogen (secondary N) is 1. The molecule has 0 atom stereocenters. The number of amides is 1. The van der Waals surface area contributed by atoms with Crippen molar-refractivity contribution in [1.82, 2.24) is 4.90 Å². The van der Waals surface area contributed by atoms with Gasteiger partial charge in [0, 0.05) is 11.6 Å². The summed E-state index contributed by atoms with van der Waals surface area (Å²) in [6, 6.07) is 7.20. The number of hydrogen-bond acceptors (Lipinski definition) is 4. The molecule has 1 fully saturated rings. The van der Waals surface area contributed by atoms with Gasteiger partial charge >= 0.3 is 0 Å². The number of rotatable bonds is 6. The first-order chi connectivity index (χ1) is 11.4. The van der Waals surface area contributed by atoms with Gasteiger partial charge in [-0.15, -0.1) is 6.42 Å². The molecule has 5 nitrogen and oxygen atoms in total. The molecule has 0 bridgehead atoms. The van der Waals surface area contributed by atoms with Crippen LogP contribution >= 0.6 is 0 Å². The van der Waals surface area contributed by atoms with Gasteiger partial charge in [0.25, 0.3) is 0 Å². The van der Waals surface area contributed by atoms with Crippen LogP contribution in [0.4, 0.5) is 5.69 Å². The maximum Gasteiger partial charge on any atom is 0.227 e. The average molecular weight is 330 g/mol. The second kappa shape index (κ2) is 8.18. The fourth-order valence-electron chi connectivity index (χ4n) is 2.62. The van der Waals surface area contributed by atoms with Crippen molar-refractivity contribution in [2.75, 3.05) is 31.6 Å². The van der Waals surface area contributed by atoms with Crippen LogP contribution in [0.2, 0.25) is 0 Å². The maximum atomic E-state index is 12.3. The van der Waals surface area contributed by atoms with Gasteiger partial charge in [-0.2, -0.15) is 0 Å². The lowest BCUT2D eigenvalue weighted by molar-refractivity contribution is -0.121. The monoisotopic (exact) mass is 330 g/mol. The summed E-state index contributed by atoms with van der Waals surface area (Å²) in [5, 5.41) is 12.6. The van der Waals surface area contributed by atoms with E-state index in [2.05, 4.69) is 16.1 Å². The lowest BCUT2D eigenvalue weighted by Crippen LogP contribution is -2.38. The third-order valence-electron chi connectivity index (χ3n) is 3.99. The molecule has 0 unspecified atom stereocenters. The number of terminal acetylenes is 1. The van der Waals surface area contributed by atoms with E-state index in [1.54, 1.807) is 26.0 Å². The van der Waals surface area contributed by atoms with Crippen LogP contribution in [0, 0.1) is 18.3 Å². The molecule has 0 radical (unpaired) electrons. The van der Waals surface area contributed by atoms with Crippen LogP contribution in [0.3, 0.4) is 0 Å². The van der Waals surface area contributed by atoms with Crippen molar-refractivity contribution in [3.63, 3.8) is 0 Å². The molecule has 1 aliphatic rings. The molecule has 0 spiro atoms. The van der Waals surface area contributed by atoms with Gasteiger partial charge in [-0.3, -0.25) is 9.69 Å². The second-order valence-corrected chi connectivity index (χ2v) is 6.87. The van der Waals surface area contributed by atoms with Crippen LogP contribution in [-0.2, 0) is 4.79 Å². The Morgan fingerprint density at radius 1 is 1.38 bits per heavy atom. The molecular weight excluding hydrogens is 304 g/mol. The van der Waals surface area contributed by atoms with E-state index in [0.717, 1.165) is 31.6 Å². The minimum Gasteiger partial charge on any atom is -0.491 e. The molecule has 1 aliphatic heterocycles. The molecule has 5 heteroatoms. The number of ether oxygens (including phenoxy) is 1. The van der Waals surface area contributed by atoms with E-state index in [1.165, 1.54) is 0 Å². The lowest BCUT2D eigenvalue weighted by atomic mass is 9.96. The molecule has 1 heterocycles. The topological polar surface area (TPSA) is 61.8 Å². The first-order valence-corrected chi connectivity index (χ1v) is 8.29. The summed E-state index contributed by atoms with van der Waals surface area (Å²) in [4.78, 5) is 14.5. The highest BCUT2D eigenvalue weighted by Crippen LogP contribution is 2.21. The number of benzene rings is 1. The van der Waals surface area contributed by atoms with Crippen LogP contribution in [0.5, 0.6) is 5.75 Å². The fourth-order valence-corrected chi connectivity index (χ4v) is 2.62. The third kappa shape index (κ3) is 5.88. The van der Waals surface area contributed by atoms with E-state index in [0.29, 0.717) is 12.3 Å². The third-order valence-corrected chi connectivity index (χ3v) is 3.99. The highest BCUT2D eigenvalue weighted by atomic mass is 16.5. The van der Waals surface area contributed by atoms with Gasteiger partial charge in [0.05, 0.1) is 12.1 Å². The minimum atomic E-state index is -0.874. The zero-order valence-corrected chi connectivity index (χ0v) is 14.4. The van der Waals surface area contributed by atoms with E-state index >= 15 is 0 Å². The zero-order chi connectivity index (χ0) is 17.6. The quantitative estimate of drug-likeness (QED) is 0.785. The largest absolute Gasteiger partial charge is 0.491 e. The molecule has 1 amide bonds. The SMILES string of the molecule is C#CCN1CCC(C(=O)Nc2ccc(OCC(C)(C)O)cc2)CC1. The van der Waals surface area contributed by atoms with E-state index < -0.39 is 5.60 Å². The van der Waals surface area contributed by atoms with E-state index in [9.17, 15) is 9.90 Å². The van der Waals surface area contributed by atoms with Gasteiger partial charge in [-0.05, 0) is 64.0 Å². The summed E-state index contributed by atoms with van der Waals surface area (Å²) in [5.74, 6) is 3.40. The number of nitrogens with zero attached hydrogens (tertiary/aromatic N) is 1. The van der Waals surface area contributed by atoms with Crippen LogP contribution in [0.15, 0.2) is 24.3 Å². The number of likely N-dealkylation sites (tertiary alicyclic amines) is 1. The number of carbonyl (C=O) groups is 1. The highest BCUT2D eigenvalue weighted by molar-refractivity contribution is 5.92. The average Bonchev–Trinajstić information content (AvgIpc) is 2.54. The number of aliphatic hydroxyl groups is 1. The summed E-state index contributed by atoms with van der Waals surface area (Å²) in [6.45, 7) is 5.99.